The van der Waals surface area contributed by atoms with Crippen molar-refractivity contribution >= 4 is 11.3 Å². The zero-order chi connectivity index (χ0) is 24.9. The molecular weight excluding hydrogens is 440 g/mol. The molecule has 0 fully saturated rings. The van der Waals surface area contributed by atoms with Crippen LogP contribution in [0, 0.1) is 6.42 Å². The second-order valence-electron chi connectivity index (χ2n) is 9.69. The van der Waals surface area contributed by atoms with Gasteiger partial charge in [-0.05, 0) is 64.5 Å². The van der Waals surface area contributed by atoms with E-state index in [1.165, 1.54) is 28.0 Å². The number of nitrogens with zero attached hydrogens (tertiary/aromatic N) is 2. The van der Waals surface area contributed by atoms with Gasteiger partial charge in [-0.25, -0.2) is 0 Å². The van der Waals surface area contributed by atoms with E-state index >= 15 is 0 Å². The summed E-state index contributed by atoms with van der Waals surface area (Å²) in [6.45, 7) is 7.42. The molecule has 1 heterocycles. The zero-order valence-corrected chi connectivity index (χ0v) is 21.4. The summed E-state index contributed by atoms with van der Waals surface area (Å²) in [5, 5.41) is 0. The van der Waals surface area contributed by atoms with Crippen molar-refractivity contribution in [2.45, 2.75) is 18.9 Å². The van der Waals surface area contributed by atoms with E-state index in [-0.39, 0.29) is 0 Å². The van der Waals surface area contributed by atoms with Crippen LogP contribution in [-0.4, -0.2) is 49.6 Å². The summed E-state index contributed by atoms with van der Waals surface area (Å²) in [4.78, 5) is 5.06. The van der Waals surface area contributed by atoms with E-state index in [0.29, 0.717) is 6.04 Å². The lowest BCUT2D eigenvalue weighted by Crippen LogP contribution is -2.43. The summed E-state index contributed by atoms with van der Waals surface area (Å²) in [6, 6.07) is 28.0. The third-order valence-electron chi connectivity index (χ3n) is 7.32. The summed E-state index contributed by atoms with van der Waals surface area (Å²) >= 11 is 0. The number of fused-ring (bicyclic) bond motifs is 1. The third-order valence-corrected chi connectivity index (χ3v) is 7.32. The van der Waals surface area contributed by atoms with Crippen LogP contribution in [0.5, 0.6) is 5.75 Å². The Morgan fingerprint density at radius 3 is 2.22 bits per heavy atom. The Bertz CT molecular complexity index is 1260. The van der Waals surface area contributed by atoms with Crippen LogP contribution >= 0.6 is 0 Å². The second-order valence-corrected chi connectivity index (χ2v) is 9.69. The van der Waals surface area contributed by atoms with Crippen molar-refractivity contribution in [2.75, 3.05) is 33.8 Å². The van der Waals surface area contributed by atoms with Gasteiger partial charge in [0.05, 0.1) is 7.11 Å². The minimum Gasteiger partial charge on any atom is -0.497 e. The van der Waals surface area contributed by atoms with Gasteiger partial charge in [0.25, 0.3) is 0 Å². The van der Waals surface area contributed by atoms with E-state index < -0.39 is 0 Å². The summed E-state index contributed by atoms with van der Waals surface area (Å²) in [7, 11) is 3.96. The lowest BCUT2D eigenvalue weighted by molar-refractivity contribution is 0.208. The fourth-order valence-corrected chi connectivity index (χ4v) is 5.14. The first kappa shape index (κ1) is 24.1. The molecule has 2 aliphatic rings. The van der Waals surface area contributed by atoms with Gasteiger partial charge in [0.2, 0.25) is 0 Å². The summed E-state index contributed by atoms with van der Waals surface area (Å²) < 4.78 is 5.48. The Morgan fingerprint density at radius 2 is 1.58 bits per heavy atom. The lowest BCUT2D eigenvalue weighted by Gasteiger charge is -2.34. The molecule has 0 saturated carbocycles. The summed E-state index contributed by atoms with van der Waals surface area (Å²) in [5.74, 6) is 0.952. The molecule has 3 aromatic rings. The number of benzene rings is 3. The van der Waals surface area contributed by atoms with Crippen LogP contribution in [0.2, 0.25) is 0 Å². The monoisotopic (exact) mass is 475 g/mol. The Hall–Kier alpha value is -3.56. The first-order valence-corrected chi connectivity index (χ1v) is 12.8. The number of likely N-dealkylation sites (N-methyl/N-ethyl adjacent to an activating group) is 1. The highest BCUT2D eigenvalue weighted by molar-refractivity contribution is 5.82. The van der Waals surface area contributed by atoms with Crippen LogP contribution in [0.1, 0.15) is 22.3 Å². The molecular formula is C33H35N2O. The first-order chi connectivity index (χ1) is 17.6. The SMILES string of the molecule is C=C(/C=C(/c1ccccc1)N(C)CC(C1=C[CH]1)N1CCc2ccc(OC)cc2CC1)c1ccccc1. The standard InChI is InChI=1S/C33H35N2O/c1-25(26-10-6-4-7-11-26)22-32(28-12-8-5-9-13-28)34(2)24-33(29-14-15-29)35-20-18-27-16-17-31(36-3)23-30(27)19-21-35/h4-17,22-23,33H,1,18-21,24H2,2-3H3/b32-22-. The average molecular weight is 476 g/mol. The minimum atomic E-state index is 0.364. The van der Waals surface area contributed by atoms with E-state index in [1.807, 2.05) is 6.07 Å². The summed E-state index contributed by atoms with van der Waals surface area (Å²) in [5.41, 5.74) is 8.88. The molecule has 1 radical (unpaired) electrons. The number of hydrogen-bond donors (Lipinski definition) is 0. The Labute approximate surface area is 216 Å². The molecule has 0 saturated heterocycles. The molecule has 3 heteroatoms. The van der Waals surface area contributed by atoms with Gasteiger partial charge in [0, 0.05) is 44.8 Å². The smallest absolute Gasteiger partial charge is 0.119 e. The van der Waals surface area contributed by atoms with Crippen molar-refractivity contribution in [1.82, 2.24) is 9.80 Å². The molecule has 183 valence electrons. The Kier molecular flexibility index (Phi) is 7.39. The highest BCUT2D eigenvalue weighted by Gasteiger charge is 2.30. The van der Waals surface area contributed by atoms with Crippen LogP contribution < -0.4 is 4.74 Å². The van der Waals surface area contributed by atoms with Crippen molar-refractivity contribution in [3.63, 3.8) is 0 Å². The summed E-state index contributed by atoms with van der Waals surface area (Å²) in [6.07, 6.45) is 8.89. The lowest BCUT2D eigenvalue weighted by atomic mass is 10.0. The molecule has 1 aliphatic heterocycles. The molecule has 1 unspecified atom stereocenters. The van der Waals surface area contributed by atoms with Crippen molar-refractivity contribution in [3.8, 4) is 5.75 Å². The molecule has 1 atom stereocenters. The highest BCUT2D eigenvalue weighted by Crippen LogP contribution is 2.31. The van der Waals surface area contributed by atoms with Gasteiger partial charge in [-0.15, -0.1) is 0 Å². The maximum atomic E-state index is 5.48. The number of hydrogen-bond acceptors (Lipinski definition) is 3. The zero-order valence-electron chi connectivity index (χ0n) is 21.4. The quantitative estimate of drug-likeness (QED) is 0.338. The molecule has 36 heavy (non-hydrogen) atoms. The molecule has 5 rings (SSSR count). The van der Waals surface area contributed by atoms with E-state index in [2.05, 4.69) is 115 Å². The number of methoxy groups -OCH3 is 1. The Morgan fingerprint density at radius 1 is 0.944 bits per heavy atom. The van der Waals surface area contributed by atoms with Crippen LogP contribution in [0.25, 0.3) is 11.3 Å². The maximum absolute atomic E-state index is 5.48. The minimum absolute atomic E-state index is 0.364. The van der Waals surface area contributed by atoms with Crippen molar-refractivity contribution in [2.24, 2.45) is 0 Å². The molecule has 0 spiro atoms. The number of ether oxygens (including phenoxy) is 1. The van der Waals surface area contributed by atoms with Crippen LogP contribution in [0.15, 0.2) is 103 Å². The molecule has 0 aromatic heterocycles. The topological polar surface area (TPSA) is 15.7 Å². The van der Waals surface area contributed by atoms with Gasteiger partial charge < -0.3 is 9.64 Å². The normalized spacial score (nSPS) is 16.4. The van der Waals surface area contributed by atoms with Crippen molar-refractivity contribution in [1.29, 1.82) is 0 Å². The Balaban J connectivity index is 1.37. The maximum Gasteiger partial charge on any atom is 0.119 e. The predicted molar refractivity (Wildman–Crippen MR) is 151 cm³/mol. The van der Waals surface area contributed by atoms with Crippen LogP contribution in [0.4, 0.5) is 0 Å². The van der Waals surface area contributed by atoms with E-state index in [9.17, 15) is 0 Å². The van der Waals surface area contributed by atoms with E-state index in [0.717, 1.165) is 49.4 Å². The molecule has 1 aliphatic carbocycles. The third kappa shape index (κ3) is 5.63. The number of allylic oxidation sites excluding steroid dienone is 3. The first-order valence-electron chi connectivity index (χ1n) is 12.8. The largest absolute Gasteiger partial charge is 0.497 e. The van der Waals surface area contributed by atoms with Gasteiger partial charge >= 0.3 is 0 Å². The number of rotatable bonds is 9. The highest BCUT2D eigenvalue weighted by atomic mass is 16.5. The van der Waals surface area contributed by atoms with Gasteiger partial charge in [0.15, 0.2) is 0 Å². The molecule has 0 N–H and O–H groups in total. The average Bonchev–Trinajstić information content (AvgIpc) is 3.78. The van der Waals surface area contributed by atoms with E-state index in [1.54, 1.807) is 7.11 Å². The van der Waals surface area contributed by atoms with Crippen molar-refractivity contribution in [3.05, 3.63) is 132 Å². The molecule has 3 nitrogen and oxygen atoms in total. The van der Waals surface area contributed by atoms with Crippen LogP contribution in [0.3, 0.4) is 0 Å². The van der Waals surface area contributed by atoms with Crippen LogP contribution in [-0.2, 0) is 12.8 Å². The fraction of sp³-hybridized carbons (Fsp3) is 0.242. The molecule has 0 amide bonds. The molecule has 3 aromatic carbocycles. The molecule has 0 bridgehead atoms. The van der Waals surface area contributed by atoms with Gasteiger partial charge in [-0.3, -0.25) is 4.90 Å². The van der Waals surface area contributed by atoms with Gasteiger partial charge in [0.1, 0.15) is 5.75 Å². The fourth-order valence-electron chi connectivity index (χ4n) is 5.14. The van der Waals surface area contributed by atoms with E-state index in [4.69, 9.17) is 4.74 Å². The van der Waals surface area contributed by atoms with Gasteiger partial charge in [-0.2, -0.15) is 0 Å². The van der Waals surface area contributed by atoms with Crippen molar-refractivity contribution < 1.29 is 4.74 Å². The van der Waals surface area contributed by atoms with Gasteiger partial charge in [-0.1, -0.05) is 79.4 Å². The predicted octanol–water partition coefficient (Wildman–Crippen LogP) is 6.29. The second kappa shape index (κ2) is 11.0.